The van der Waals surface area contributed by atoms with Crippen LogP contribution in [0.5, 0.6) is 0 Å². The van der Waals surface area contributed by atoms with Gasteiger partial charge in [-0.3, -0.25) is 4.79 Å². The number of nitrogens with zero attached hydrogens (tertiary/aromatic N) is 1. The van der Waals surface area contributed by atoms with Crippen LogP contribution in [-0.2, 0) is 14.6 Å². The van der Waals surface area contributed by atoms with Crippen molar-refractivity contribution in [1.29, 1.82) is 0 Å². The van der Waals surface area contributed by atoms with Crippen LogP contribution >= 0.6 is 0 Å². The number of carbonyl (C=O) groups is 1. The summed E-state index contributed by atoms with van der Waals surface area (Å²) >= 11 is 0. The van der Waals surface area contributed by atoms with E-state index < -0.39 is 9.84 Å². The van der Waals surface area contributed by atoms with Gasteiger partial charge in [-0.15, -0.1) is 0 Å². The minimum absolute atomic E-state index is 0.00861. The second-order valence-corrected chi connectivity index (χ2v) is 9.30. The SMILES string of the molecule is CC(C)=CC1C(C(=O)N(C)C2CCS(=O)(=O)C2)C1(C)C. The summed E-state index contributed by atoms with van der Waals surface area (Å²) in [6, 6.07) is -0.142. The number of allylic oxidation sites excluding steroid dienone is 2. The van der Waals surface area contributed by atoms with E-state index in [-0.39, 0.29) is 40.7 Å². The van der Waals surface area contributed by atoms with Crippen LogP contribution in [0.1, 0.15) is 34.1 Å². The van der Waals surface area contributed by atoms with Gasteiger partial charge in [0.2, 0.25) is 5.91 Å². The highest BCUT2D eigenvalue weighted by atomic mass is 32.2. The summed E-state index contributed by atoms with van der Waals surface area (Å²) in [5.41, 5.74) is 1.21. The van der Waals surface area contributed by atoms with E-state index in [1.54, 1.807) is 11.9 Å². The summed E-state index contributed by atoms with van der Waals surface area (Å²) in [4.78, 5) is 14.3. The Morgan fingerprint density at radius 2 is 1.90 bits per heavy atom. The van der Waals surface area contributed by atoms with Gasteiger partial charge in [0.05, 0.1) is 17.4 Å². The average Bonchev–Trinajstić information content (AvgIpc) is 2.66. The van der Waals surface area contributed by atoms with Crippen LogP contribution in [0, 0.1) is 17.3 Å². The van der Waals surface area contributed by atoms with Crippen molar-refractivity contribution >= 4 is 15.7 Å². The topological polar surface area (TPSA) is 54.5 Å². The summed E-state index contributed by atoms with van der Waals surface area (Å²) in [6.45, 7) is 8.31. The van der Waals surface area contributed by atoms with Gasteiger partial charge in [-0.25, -0.2) is 8.42 Å². The molecule has 5 heteroatoms. The molecule has 0 aromatic heterocycles. The Bertz CT molecular complexity index is 543. The summed E-state index contributed by atoms with van der Waals surface area (Å²) in [5, 5.41) is 0. The molecule has 4 nitrogen and oxygen atoms in total. The Kier molecular flexibility index (Phi) is 3.78. The molecule has 114 valence electrons. The molecule has 0 aromatic carbocycles. The number of hydrogen-bond donors (Lipinski definition) is 0. The number of sulfone groups is 1. The lowest BCUT2D eigenvalue weighted by Gasteiger charge is -2.24. The minimum atomic E-state index is -2.95. The Morgan fingerprint density at radius 3 is 2.35 bits per heavy atom. The molecule has 1 saturated heterocycles. The molecule has 0 radical (unpaired) electrons. The molecule has 3 unspecified atom stereocenters. The molecule has 1 aliphatic heterocycles. The van der Waals surface area contributed by atoms with E-state index in [0.717, 1.165) is 0 Å². The van der Waals surface area contributed by atoms with Crippen LogP contribution in [0.15, 0.2) is 11.6 Å². The van der Waals surface area contributed by atoms with Crippen molar-refractivity contribution in [2.75, 3.05) is 18.6 Å². The zero-order valence-electron chi connectivity index (χ0n) is 13.0. The smallest absolute Gasteiger partial charge is 0.226 e. The van der Waals surface area contributed by atoms with Gasteiger partial charge in [0.25, 0.3) is 0 Å². The largest absolute Gasteiger partial charge is 0.341 e. The maximum Gasteiger partial charge on any atom is 0.226 e. The minimum Gasteiger partial charge on any atom is -0.341 e. The summed E-state index contributed by atoms with van der Waals surface area (Å²) in [6.07, 6.45) is 2.74. The first-order valence-corrected chi connectivity index (χ1v) is 9.00. The van der Waals surface area contributed by atoms with Gasteiger partial charge >= 0.3 is 0 Å². The zero-order valence-corrected chi connectivity index (χ0v) is 13.8. The van der Waals surface area contributed by atoms with Crippen molar-refractivity contribution in [3.8, 4) is 0 Å². The molecule has 0 N–H and O–H groups in total. The molecule has 1 saturated carbocycles. The van der Waals surface area contributed by atoms with Gasteiger partial charge in [-0.2, -0.15) is 0 Å². The maximum atomic E-state index is 12.6. The molecule has 2 aliphatic rings. The third-order valence-electron chi connectivity index (χ3n) is 4.79. The van der Waals surface area contributed by atoms with Crippen molar-refractivity contribution in [2.24, 2.45) is 17.3 Å². The lowest BCUT2D eigenvalue weighted by atomic mass is 10.1. The van der Waals surface area contributed by atoms with E-state index in [1.165, 1.54) is 5.57 Å². The molecule has 1 amide bonds. The fraction of sp³-hybridized carbons (Fsp3) is 0.800. The van der Waals surface area contributed by atoms with Crippen LogP contribution in [0.2, 0.25) is 0 Å². The molecule has 3 atom stereocenters. The fourth-order valence-electron chi connectivity index (χ4n) is 3.30. The van der Waals surface area contributed by atoms with Gasteiger partial charge < -0.3 is 4.90 Å². The van der Waals surface area contributed by atoms with Gasteiger partial charge in [0, 0.05) is 13.1 Å². The molecule has 20 heavy (non-hydrogen) atoms. The lowest BCUT2D eigenvalue weighted by molar-refractivity contribution is -0.133. The fourth-order valence-corrected chi connectivity index (χ4v) is 5.07. The quantitative estimate of drug-likeness (QED) is 0.748. The first-order valence-electron chi connectivity index (χ1n) is 7.18. The number of rotatable bonds is 3. The van der Waals surface area contributed by atoms with Crippen molar-refractivity contribution in [3.63, 3.8) is 0 Å². The third kappa shape index (κ3) is 2.78. The van der Waals surface area contributed by atoms with E-state index in [9.17, 15) is 13.2 Å². The van der Waals surface area contributed by atoms with Crippen LogP contribution in [-0.4, -0.2) is 43.8 Å². The van der Waals surface area contributed by atoms with Gasteiger partial charge in [-0.05, 0) is 31.6 Å². The maximum absolute atomic E-state index is 12.6. The van der Waals surface area contributed by atoms with E-state index in [2.05, 4.69) is 19.9 Å². The van der Waals surface area contributed by atoms with E-state index in [1.807, 2.05) is 13.8 Å². The molecule has 0 spiro atoms. The zero-order chi connectivity index (χ0) is 15.3. The highest BCUT2D eigenvalue weighted by molar-refractivity contribution is 7.91. The van der Waals surface area contributed by atoms with Crippen LogP contribution < -0.4 is 0 Å². The number of hydrogen-bond acceptors (Lipinski definition) is 3. The second kappa shape index (κ2) is 4.86. The molecule has 1 heterocycles. The lowest BCUT2D eigenvalue weighted by Crippen LogP contribution is -2.39. The molecule has 2 rings (SSSR count). The van der Waals surface area contributed by atoms with Crippen LogP contribution in [0.25, 0.3) is 0 Å². The van der Waals surface area contributed by atoms with Crippen molar-refractivity contribution in [3.05, 3.63) is 11.6 Å². The molecule has 0 aromatic rings. The summed E-state index contributed by atoms with van der Waals surface area (Å²) in [5.74, 6) is 0.696. The van der Waals surface area contributed by atoms with Gasteiger partial charge in [0.15, 0.2) is 9.84 Å². The summed E-state index contributed by atoms with van der Waals surface area (Å²) < 4.78 is 23.1. The van der Waals surface area contributed by atoms with Crippen molar-refractivity contribution < 1.29 is 13.2 Å². The number of carbonyl (C=O) groups excluding carboxylic acids is 1. The standard InChI is InChI=1S/C15H25NO3S/c1-10(2)8-12-13(15(12,3)4)14(17)16(5)11-6-7-20(18,19)9-11/h8,11-13H,6-7,9H2,1-5H3. The summed E-state index contributed by atoms with van der Waals surface area (Å²) in [7, 11) is -1.19. The second-order valence-electron chi connectivity index (χ2n) is 7.07. The Balaban J connectivity index is 2.08. The Morgan fingerprint density at radius 1 is 1.30 bits per heavy atom. The van der Waals surface area contributed by atoms with Crippen LogP contribution in [0.3, 0.4) is 0 Å². The highest BCUT2D eigenvalue weighted by Gasteiger charge is 2.61. The normalized spacial score (nSPS) is 33.5. The highest BCUT2D eigenvalue weighted by Crippen LogP contribution is 2.60. The average molecular weight is 299 g/mol. The van der Waals surface area contributed by atoms with Crippen molar-refractivity contribution in [1.82, 2.24) is 4.90 Å². The number of amides is 1. The van der Waals surface area contributed by atoms with Crippen LogP contribution in [0.4, 0.5) is 0 Å². The van der Waals surface area contributed by atoms with Gasteiger partial charge in [0.1, 0.15) is 0 Å². The van der Waals surface area contributed by atoms with Crippen molar-refractivity contribution in [2.45, 2.75) is 40.2 Å². The Labute approximate surface area is 122 Å². The Hall–Kier alpha value is -0.840. The molecule has 1 aliphatic carbocycles. The van der Waals surface area contributed by atoms with E-state index >= 15 is 0 Å². The van der Waals surface area contributed by atoms with Gasteiger partial charge in [-0.1, -0.05) is 25.5 Å². The molecular formula is C15H25NO3S. The first-order chi connectivity index (χ1) is 9.06. The van der Waals surface area contributed by atoms with E-state index in [4.69, 9.17) is 0 Å². The molecule has 2 fully saturated rings. The molecule has 0 bridgehead atoms. The first kappa shape index (κ1) is 15.5. The predicted octanol–water partition coefficient (Wildman–Crippen LogP) is 1.87. The predicted molar refractivity (Wildman–Crippen MR) is 80.0 cm³/mol. The third-order valence-corrected chi connectivity index (χ3v) is 6.54. The van der Waals surface area contributed by atoms with E-state index in [0.29, 0.717) is 6.42 Å². The molecular weight excluding hydrogens is 274 g/mol. The monoisotopic (exact) mass is 299 g/mol.